The Labute approximate surface area is 461 Å². The topological polar surface area (TPSA) is 46.4 Å². The van der Waals surface area contributed by atoms with Gasteiger partial charge in [-0.15, -0.1) is 0 Å². The van der Waals surface area contributed by atoms with Crippen molar-refractivity contribution in [3.63, 3.8) is 0 Å². The van der Waals surface area contributed by atoms with Gasteiger partial charge in [-0.05, 0) is 120 Å². The molecule has 0 aliphatic carbocycles. The summed E-state index contributed by atoms with van der Waals surface area (Å²) in [4.78, 5) is 14.6. The fraction of sp³-hybridized carbons (Fsp3) is 0.183. The molecule has 0 bridgehead atoms. The van der Waals surface area contributed by atoms with Gasteiger partial charge in [0.2, 0.25) is 0 Å². The average molecular weight is 1030 g/mol. The Morgan fingerprint density at radius 2 is 1.06 bits per heavy atom. The number of ether oxygens (including phenoxy) is 1. The fourth-order valence-corrected chi connectivity index (χ4v) is 16.4. The van der Waals surface area contributed by atoms with Crippen LogP contribution in [-0.4, -0.2) is 29.3 Å². The molecule has 0 unspecified atom stereocenters. The zero-order valence-corrected chi connectivity index (χ0v) is 47.3. The summed E-state index contributed by atoms with van der Waals surface area (Å²) in [6.45, 7) is 21.2. The molecule has 6 nitrogen and oxygen atoms in total. The van der Waals surface area contributed by atoms with Crippen LogP contribution in [0.2, 0.25) is 0 Å². The molecule has 8 aromatic carbocycles. The minimum atomic E-state index is -2.83. The Hall–Kier alpha value is -8.52. The number of hydrogen-bond acceptors (Lipinski definition) is 5. The Balaban J connectivity index is 0.990. The highest BCUT2D eigenvalue weighted by atomic mass is 28.3. The molecule has 1 aliphatic heterocycles. The number of rotatable bonds is 10. The molecule has 0 N–H and O–H groups in total. The molecule has 0 amide bonds. The van der Waals surface area contributed by atoms with E-state index in [1.54, 1.807) is 0 Å². The van der Waals surface area contributed by atoms with E-state index in [9.17, 15) is 0 Å². The minimum absolute atomic E-state index is 0.0410. The summed E-state index contributed by atoms with van der Waals surface area (Å²) >= 11 is 0. The molecule has 1 aliphatic rings. The van der Waals surface area contributed by atoms with E-state index in [0.717, 1.165) is 61.9 Å². The van der Waals surface area contributed by atoms with Gasteiger partial charge in [0, 0.05) is 64.0 Å². The van der Waals surface area contributed by atoms with Crippen LogP contribution in [0.4, 0.5) is 22.7 Å². The second-order valence-electron chi connectivity index (χ2n) is 24.0. The van der Waals surface area contributed by atoms with Gasteiger partial charge in [-0.2, -0.15) is 0 Å². The van der Waals surface area contributed by atoms with Gasteiger partial charge in [-0.3, -0.25) is 9.55 Å². The van der Waals surface area contributed by atoms with Gasteiger partial charge < -0.3 is 14.5 Å². The van der Waals surface area contributed by atoms with Crippen LogP contribution in [0.3, 0.4) is 0 Å². The standard InChI is InChI=1S/C71H67N5OSi/c1-69(2,3)50-37-39-73-67(43-50)76-64-36-34-60(78(57-25-13-10-14-26-57,58-27-15-11-16-28-58)59-29-17-12-18-30-59)46-63(64)62-35-33-56(45-66(62)76)77-55-24-19-23-53(44-55)74-48-75(54-41-51(70(4,5)6)40-52(42-54)71(7,8)9)68-61(31-20-32-65(68)74)49-22-21-38-72-47-49/h10-47H,48H2,1-9H3. The SMILES string of the molecule is CC(C)(C)c1cc(N2CN(c3cccc(Oc4ccc5c6cc([Si](c7ccccc7)(c7ccccc7)c7ccccc7)ccc6n(-c6cc(C(C)(C)C)ccn6)c5c4)c3)c3cccc(-c4cccnc4)c32)cc(C(C)(C)C)c1. The van der Waals surface area contributed by atoms with Crippen molar-refractivity contribution >= 4 is 73.4 Å². The van der Waals surface area contributed by atoms with Crippen molar-refractivity contribution in [3.05, 3.63) is 248 Å². The van der Waals surface area contributed by atoms with Crippen molar-refractivity contribution in [2.24, 2.45) is 0 Å². The van der Waals surface area contributed by atoms with Crippen LogP contribution in [0.5, 0.6) is 11.5 Å². The van der Waals surface area contributed by atoms with E-state index >= 15 is 0 Å². The van der Waals surface area contributed by atoms with Crippen molar-refractivity contribution in [1.82, 2.24) is 14.5 Å². The van der Waals surface area contributed by atoms with Crippen LogP contribution in [0.1, 0.15) is 79.0 Å². The van der Waals surface area contributed by atoms with Crippen LogP contribution in [-0.2, 0) is 16.2 Å². The average Bonchev–Trinajstić information content (AvgIpc) is 4.21. The number of nitrogens with zero attached hydrogens (tertiary/aromatic N) is 5. The summed E-state index contributed by atoms with van der Waals surface area (Å²) in [5, 5.41) is 7.64. The number of para-hydroxylation sites is 1. The maximum atomic E-state index is 7.03. The van der Waals surface area contributed by atoms with Crippen molar-refractivity contribution < 1.29 is 4.74 Å². The molecule has 12 rings (SSSR count). The number of benzene rings is 8. The first-order valence-electron chi connectivity index (χ1n) is 27.3. The number of aromatic nitrogens is 3. The van der Waals surface area contributed by atoms with Crippen molar-refractivity contribution in [3.8, 4) is 28.4 Å². The molecule has 11 aromatic rings. The van der Waals surface area contributed by atoms with E-state index in [4.69, 9.17) is 9.72 Å². The van der Waals surface area contributed by atoms with Gasteiger partial charge in [0.15, 0.2) is 8.07 Å². The lowest BCUT2D eigenvalue weighted by Gasteiger charge is -2.34. The Bertz CT molecular complexity index is 3850. The summed E-state index contributed by atoms with van der Waals surface area (Å²) in [5.41, 5.74) is 12.5. The quantitative estimate of drug-likeness (QED) is 0.101. The van der Waals surface area contributed by atoms with Gasteiger partial charge >= 0.3 is 0 Å². The molecule has 3 aromatic heterocycles. The highest BCUT2D eigenvalue weighted by Gasteiger charge is 2.42. The molecule has 0 fully saturated rings. The zero-order chi connectivity index (χ0) is 54.0. The van der Waals surface area contributed by atoms with E-state index in [1.165, 1.54) is 48.5 Å². The van der Waals surface area contributed by atoms with Gasteiger partial charge in [-0.1, -0.05) is 196 Å². The largest absolute Gasteiger partial charge is 0.457 e. The molecule has 0 saturated heterocycles. The third-order valence-corrected chi connectivity index (χ3v) is 20.6. The van der Waals surface area contributed by atoms with Gasteiger partial charge in [0.25, 0.3) is 0 Å². The third-order valence-electron chi connectivity index (χ3n) is 15.8. The highest BCUT2D eigenvalue weighted by molar-refractivity contribution is 7.20. The lowest BCUT2D eigenvalue weighted by atomic mass is 9.80. The maximum Gasteiger partial charge on any atom is 0.179 e. The molecule has 0 atom stereocenters. The third kappa shape index (κ3) is 9.05. The van der Waals surface area contributed by atoms with E-state index in [-0.39, 0.29) is 16.2 Å². The monoisotopic (exact) mass is 1030 g/mol. The summed E-state index contributed by atoms with van der Waals surface area (Å²) < 4.78 is 9.36. The van der Waals surface area contributed by atoms with Crippen LogP contribution in [0.25, 0.3) is 38.8 Å². The first-order valence-corrected chi connectivity index (χ1v) is 29.3. The molecule has 386 valence electrons. The van der Waals surface area contributed by atoms with Crippen molar-refractivity contribution in [2.75, 3.05) is 16.5 Å². The Kier molecular flexibility index (Phi) is 12.6. The van der Waals surface area contributed by atoms with E-state index in [1.807, 2.05) is 24.7 Å². The fourth-order valence-electron chi connectivity index (χ4n) is 11.6. The van der Waals surface area contributed by atoms with Crippen LogP contribution < -0.4 is 35.3 Å². The molecule has 0 saturated carbocycles. The molecule has 78 heavy (non-hydrogen) atoms. The second kappa shape index (κ2) is 19.5. The first-order chi connectivity index (χ1) is 37.6. The normalized spacial score (nSPS) is 13.1. The van der Waals surface area contributed by atoms with Gasteiger partial charge in [-0.25, -0.2) is 4.98 Å². The summed E-state index contributed by atoms with van der Waals surface area (Å²) in [6, 6.07) is 78.1. The Morgan fingerprint density at radius 3 is 1.68 bits per heavy atom. The van der Waals surface area contributed by atoms with Crippen LogP contribution in [0.15, 0.2) is 231 Å². The second-order valence-corrected chi connectivity index (χ2v) is 27.8. The lowest BCUT2D eigenvalue weighted by Crippen LogP contribution is -2.74. The predicted molar refractivity (Wildman–Crippen MR) is 330 cm³/mol. The number of hydrogen-bond donors (Lipinski definition) is 0. The van der Waals surface area contributed by atoms with Gasteiger partial charge in [0.1, 0.15) is 24.0 Å². The van der Waals surface area contributed by atoms with Crippen LogP contribution in [0, 0.1) is 0 Å². The van der Waals surface area contributed by atoms with Crippen molar-refractivity contribution in [1.29, 1.82) is 0 Å². The van der Waals surface area contributed by atoms with Crippen LogP contribution >= 0.6 is 0 Å². The number of pyridine rings is 2. The molecular formula is C71H67N5OSi. The summed E-state index contributed by atoms with van der Waals surface area (Å²) in [6.07, 6.45) is 5.77. The molecular weight excluding hydrogens is 967 g/mol. The van der Waals surface area contributed by atoms with Crippen molar-refractivity contribution in [2.45, 2.75) is 78.6 Å². The predicted octanol–water partition coefficient (Wildman–Crippen LogP) is 15.6. The molecule has 0 radical (unpaired) electrons. The lowest BCUT2D eigenvalue weighted by molar-refractivity contribution is 0.483. The zero-order valence-electron chi connectivity index (χ0n) is 46.3. The van der Waals surface area contributed by atoms with E-state index < -0.39 is 8.07 Å². The number of anilines is 4. The summed E-state index contributed by atoms with van der Waals surface area (Å²) in [7, 11) is -2.83. The van der Waals surface area contributed by atoms with Gasteiger partial charge in [0.05, 0.1) is 22.4 Å². The molecule has 7 heteroatoms. The first kappa shape index (κ1) is 50.3. The number of fused-ring (bicyclic) bond motifs is 4. The van der Waals surface area contributed by atoms with E-state index in [2.05, 4.69) is 288 Å². The maximum absolute atomic E-state index is 7.03. The highest BCUT2D eigenvalue weighted by Crippen LogP contribution is 2.51. The Morgan fingerprint density at radius 1 is 0.436 bits per heavy atom. The summed E-state index contributed by atoms with van der Waals surface area (Å²) in [5.74, 6) is 2.37. The minimum Gasteiger partial charge on any atom is -0.457 e. The molecule has 4 heterocycles. The molecule has 0 spiro atoms. The smallest absolute Gasteiger partial charge is 0.179 e. The van der Waals surface area contributed by atoms with E-state index in [0.29, 0.717) is 6.67 Å².